The minimum Gasteiger partial charge on any atom is -0.495 e. The average molecular weight is 271 g/mol. The maximum Gasteiger partial charge on any atom is 0.222 e. The Labute approximate surface area is 108 Å². The second-order valence-electron chi connectivity index (χ2n) is 3.60. The van der Waals surface area contributed by atoms with Crippen LogP contribution in [0.1, 0.15) is 12.5 Å². The summed E-state index contributed by atoms with van der Waals surface area (Å²) in [5, 5.41) is 4.13. The maximum atomic E-state index is 11.1. The van der Waals surface area contributed by atoms with Crippen LogP contribution in [0.4, 0.5) is 5.82 Å². The predicted octanol–water partition coefficient (Wildman–Crippen LogP) is 3.23. The molecule has 0 bridgehead atoms. The zero-order chi connectivity index (χ0) is 12.6. The number of halogens is 1. The summed E-state index contributed by atoms with van der Waals surface area (Å²) < 4.78 is 10.4. The van der Waals surface area contributed by atoms with Crippen LogP contribution in [0.2, 0.25) is 5.02 Å². The zero-order valence-electron chi connectivity index (χ0n) is 9.63. The highest BCUT2D eigenvalue weighted by Crippen LogP contribution is 2.40. The molecule has 0 saturated heterocycles. The summed E-state index contributed by atoms with van der Waals surface area (Å²) >= 11 is 7.40. The first kappa shape index (κ1) is 12.1. The van der Waals surface area contributed by atoms with Crippen LogP contribution in [0.25, 0.3) is 10.1 Å². The van der Waals surface area contributed by atoms with Gasteiger partial charge in [0.05, 0.1) is 11.8 Å². The van der Waals surface area contributed by atoms with Gasteiger partial charge < -0.3 is 10.1 Å². The van der Waals surface area contributed by atoms with E-state index in [1.165, 1.54) is 18.5 Å². The van der Waals surface area contributed by atoms with Crippen molar-refractivity contribution < 1.29 is 9.53 Å². The molecule has 2 rings (SSSR count). The SMILES string of the molecule is COc1cc(Cl)c(C)c2c(NC(C)=O)nsc12. The molecule has 1 N–H and O–H groups in total. The second kappa shape index (κ2) is 4.50. The van der Waals surface area contributed by atoms with Crippen LogP contribution in [0.3, 0.4) is 0 Å². The predicted molar refractivity (Wildman–Crippen MR) is 70.2 cm³/mol. The fourth-order valence-electron chi connectivity index (χ4n) is 1.62. The van der Waals surface area contributed by atoms with E-state index in [9.17, 15) is 4.79 Å². The monoisotopic (exact) mass is 270 g/mol. The summed E-state index contributed by atoms with van der Waals surface area (Å²) in [7, 11) is 1.58. The molecule has 90 valence electrons. The number of benzene rings is 1. The highest BCUT2D eigenvalue weighted by Gasteiger charge is 2.16. The Balaban J connectivity index is 2.73. The lowest BCUT2D eigenvalue weighted by atomic mass is 10.1. The van der Waals surface area contributed by atoms with Crippen molar-refractivity contribution in [3.05, 3.63) is 16.7 Å². The molecule has 0 fully saturated rings. The van der Waals surface area contributed by atoms with Gasteiger partial charge in [-0.15, -0.1) is 0 Å². The number of aromatic nitrogens is 1. The lowest BCUT2D eigenvalue weighted by molar-refractivity contribution is -0.114. The topological polar surface area (TPSA) is 51.2 Å². The summed E-state index contributed by atoms with van der Waals surface area (Å²) in [5.41, 5.74) is 0.889. The van der Waals surface area contributed by atoms with E-state index < -0.39 is 0 Å². The number of nitrogens with zero attached hydrogens (tertiary/aromatic N) is 1. The second-order valence-corrected chi connectivity index (χ2v) is 4.78. The summed E-state index contributed by atoms with van der Waals surface area (Å²) in [6.07, 6.45) is 0. The number of carbonyl (C=O) groups excluding carboxylic acids is 1. The number of carbonyl (C=O) groups is 1. The minimum atomic E-state index is -0.157. The van der Waals surface area contributed by atoms with Gasteiger partial charge in [0.25, 0.3) is 0 Å². The Morgan fingerprint density at radius 1 is 1.59 bits per heavy atom. The number of hydrogen-bond acceptors (Lipinski definition) is 4. The van der Waals surface area contributed by atoms with Crippen molar-refractivity contribution in [1.29, 1.82) is 0 Å². The number of ether oxygens (including phenoxy) is 1. The van der Waals surface area contributed by atoms with E-state index >= 15 is 0 Å². The van der Waals surface area contributed by atoms with Gasteiger partial charge in [0, 0.05) is 23.4 Å². The molecule has 0 saturated carbocycles. The van der Waals surface area contributed by atoms with Gasteiger partial charge in [-0.2, -0.15) is 4.37 Å². The first-order valence-electron chi connectivity index (χ1n) is 4.94. The number of hydrogen-bond donors (Lipinski definition) is 1. The molecule has 0 aliphatic heterocycles. The van der Waals surface area contributed by atoms with E-state index in [0.29, 0.717) is 16.6 Å². The molecule has 0 radical (unpaired) electrons. The molecule has 2 aromatic rings. The fourth-order valence-corrected chi connectivity index (χ4v) is 2.70. The van der Waals surface area contributed by atoms with Crippen LogP contribution in [0.5, 0.6) is 5.75 Å². The van der Waals surface area contributed by atoms with Crippen molar-refractivity contribution in [2.45, 2.75) is 13.8 Å². The lowest BCUT2D eigenvalue weighted by Gasteiger charge is -2.07. The molecule has 17 heavy (non-hydrogen) atoms. The third-order valence-electron chi connectivity index (χ3n) is 2.42. The molecule has 0 aliphatic carbocycles. The zero-order valence-corrected chi connectivity index (χ0v) is 11.2. The first-order valence-corrected chi connectivity index (χ1v) is 6.09. The number of methoxy groups -OCH3 is 1. The lowest BCUT2D eigenvalue weighted by Crippen LogP contribution is -2.06. The molecule has 0 atom stereocenters. The van der Waals surface area contributed by atoms with Gasteiger partial charge in [0.2, 0.25) is 5.91 Å². The van der Waals surface area contributed by atoms with Crippen molar-refractivity contribution in [2.24, 2.45) is 0 Å². The van der Waals surface area contributed by atoms with Gasteiger partial charge in [-0.1, -0.05) is 11.6 Å². The normalized spacial score (nSPS) is 10.6. The molecule has 1 aromatic heterocycles. The molecule has 4 nitrogen and oxygen atoms in total. The number of nitrogens with one attached hydrogen (secondary N) is 1. The summed E-state index contributed by atoms with van der Waals surface area (Å²) in [6.45, 7) is 3.34. The van der Waals surface area contributed by atoms with Gasteiger partial charge >= 0.3 is 0 Å². The third kappa shape index (κ3) is 2.08. The van der Waals surface area contributed by atoms with Crippen molar-refractivity contribution in [2.75, 3.05) is 12.4 Å². The number of aryl methyl sites for hydroxylation is 1. The number of amides is 1. The number of rotatable bonds is 2. The maximum absolute atomic E-state index is 11.1. The van der Waals surface area contributed by atoms with E-state index in [1.54, 1.807) is 13.2 Å². The van der Waals surface area contributed by atoms with Crippen LogP contribution in [-0.4, -0.2) is 17.4 Å². The van der Waals surface area contributed by atoms with Gasteiger partial charge in [-0.3, -0.25) is 4.79 Å². The molecular formula is C11H11ClN2O2S. The van der Waals surface area contributed by atoms with Crippen molar-refractivity contribution in [3.8, 4) is 5.75 Å². The Hall–Kier alpha value is -1.33. The number of fused-ring (bicyclic) bond motifs is 1. The number of anilines is 1. The Morgan fingerprint density at radius 3 is 2.88 bits per heavy atom. The molecule has 1 heterocycles. The standard InChI is InChI=1S/C11H11ClN2O2S/c1-5-7(12)4-8(16-3)10-9(5)11(14-17-10)13-6(2)15/h4H,1-3H3,(H,13,14,15). The van der Waals surface area contributed by atoms with E-state index in [-0.39, 0.29) is 5.91 Å². The summed E-state index contributed by atoms with van der Waals surface area (Å²) in [5.74, 6) is 1.05. The first-order chi connectivity index (χ1) is 8.04. The third-order valence-corrected chi connectivity index (χ3v) is 3.68. The fraction of sp³-hybridized carbons (Fsp3) is 0.273. The smallest absolute Gasteiger partial charge is 0.222 e. The van der Waals surface area contributed by atoms with Crippen molar-refractivity contribution in [3.63, 3.8) is 0 Å². The van der Waals surface area contributed by atoms with Crippen molar-refractivity contribution >= 4 is 44.9 Å². The van der Waals surface area contributed by atoms with Crippen LogP contribution >= 0.6 is 23.1 Å². The average Bonchev–Trinajstić information content (AvgIpc) is 2.67. The molecule has 1 aromatic carbocycles. The van der Waals surface area contributed by atoms with Gasteiger partial charge in [-0.05, 0) is 24.0 Å². The van der Waals surface area contributed by atoms with Crippen LogP contribution in [0, 0.1) is 6.92 Å². The molecule has 0 unspecified atom stereocenters. The largest absolute Gasteiger partial charge is 0.495 e. The summed E-state index contributed by atoms with van der Waals surface area (Å²) in [4.78, 5) is 11.1. The summed E-state index contributed by atoms with van der Waals surface area (Å²) in [6, 6.07) is 1.76. The van der Waals surface area contributed by atoms with Gasteiger partial charge in [0.15, 0.2) is 5.82 Å². The van der Waals surface area contributed by atoms with E-state index in [4.69, 9.17) is 16.3 Å². The van der Waals surface area contributed by atoms with Gasteiger partial charge in [-0.25, -0.2) is 0 Å². The highest BCUT2D eigenvalue weighted by molar-refractivity contribution is 7.14. The molecule has 0 aliphatic rings. The Bertz CT molecular complexity index is 595. The molecule has 1 amide bonds. The highest BCUT2D eigenvalue weighted by atomic mass is 35.5. The van der Waals surface area contributed by atoms with E-state index in [2.05, 4.69) is 9.69 Å². The van der Waals surface area contributed by atoms with Crippen LogP contribution in [-0.2, 0) is 4.79 Å². The van der Waals surface area contributed by atoms with E-state index in [0.717, 1.165) is 15.6 Å². The van der Waals surface area contributed by atoms with Crippen LogP contribution in [0.15, 0.2) is 6.07 Å². The van der Waals surface area contributed by atoms with E-state index in [1.807, 2.05) is 6.92 Å². The minimum absolute atomic E-state index is 0.157. The Morgan fingerprint density at radius 2 is 2.29 bits per heavy atom. The molecule has 0 spiro atoms. The molecule has 6 heteroatoms. The molecular weight excluding hydrogens is 260 g/mol. The van der Waals surface area contributed by atoms with Crippen molar-refractivity contribution in [1.82, 2.24) is 4.37 Å². The van der Waals surface area contributed by atoms with Crippen LogP contribution < -0.4 is 10.1 Å². The van der Waals surface area contributed by atoms with Gasteiger partial charge in [0.1, 0.15) is 5.75 Å². The quantitative estimate of drug-likeness (QED) is 0.911. The Kier molecular flexibility index (Phi) is 3.22.